The Morgan fingerprint density at radius 1 is 1.10 bits per heavy atom. The van der Waals surface area contributed by atoms with E-state index in [1.54, 1.807) is 25.3 Å². The fraction of sp³-hybridized carbons (Fsp3) is 0.174. The highest BCUT2D eigenvalue weighted by Gasteiger charge is 2.19. The second-order valence-electron chi connectivity index (χ2n) is 6.75. The first-order chi connectivity index (χ1) is 14.5. The van der Waals surface area contributed by atoms with Crippen LogP contribution in [0.5, 0.6) is 11.5 Å². The predicted molar refractivity (Wildman–Crippen MR) is 118 cm³/mol. The highest BCUT2D eigenvalue weighted by molar-refractivity contribution is 7.19. The van der Waals surface area contributed by atoms with Crippen molar-refractivity contribution in [3.8, 4) is 22.6 Å². The number of ether oxygens (including phenoxy) is 2. The van der Waals surface area contributed by atoms with Crippen LogP contribution in [0.2, 0.25) is 0 Å². The van der Waals surface area contributed by atoms with Gasteiger partial charge in [0.2, 0.25) is 0 Å². The summed E-state index contributed by atoms with van der Waals surface area (Å²) in [6.45, 7) is 1.85. The van der Waals surface area contributed by atoms with Gasteiger partial charge in [-0.05, 0) is 24.6 Å². The summed E-state index contributed by atoms with van der Waals surface area (Å²) in [5.41, 5.74) is 1.98. The lowest BCUT2D eigenvalue weighted by atomic mass is 10.0. The predicted octanol–water partition coefficient (Wildman–Crippen LogP) is 4.33. The van der Waals surface area contributed by atoms with E-state index in [9.17, 15) is 9.59 Å². The molecule has 7 heteroatoms. The van der Waals surface area contributed by atoms with Crippen molar-refractivity contribution in [2.75, 3.05) is 14.2 Å². The standard InChI is InChI=1S/C23H20N2O4S/c1-14-20(15-7-5-4-6-8-15)21-22(30-14)24-13-25(23(21)27)12-18(26)17-10-9-16(28-2)11-19(17)29-3/h4-11,13H,12H2,1-3H3. The number of methoxy groups -OCH3 is 2. The van der Waals surface area contributed by atoms with Crippen molar-refractivity contribution in [3.63, 3.8) is 0 Å². The van der Waals surface area contributed by atoms with Crippen LogP contribution in [0.15, 0.2) is 59.7 Å². The number of Topliss-reactive ketones (excluding diaryl/α,β-unsaturated/α-hetero) is 1. The number of aryl methyl sites for hydroxylation is 1. The molecule has 0 fully saturated rings. The van der Waals surface area contributed by atoms with Crippen LogP contribution in [0.25, 0.3) is 21.3 Å². The lowest BCUT2D eigenvalue weighted by molar-refractivity contribution is 0.0967. The summed E-state index contributed by atoms with van der Waals surface area (Å²) in [5.74, 6) is 0.744. The molecule has 0 radical (unpaired) electrons. The third kappa shape index (κ3) is 3.48. The van der Waals surface area contributed by atoms with E-state index in [1.807, 2.05) is 37.3 Å². The second kappa shape index (κ2) is 8.12. The van der Waals surface area contributed by atoms with E-state index in [0.29, 0.717) is 27.3 Å². The Kier molecular flexibility index (Phi) is 5.37. The minimum atomic E-state index is -0.244. The maximum atomic E-state index is 13.3. The molecule has 2 aromatic carbocycles. The highest BCUT2D eigenvalue weighted by atomic mass is 32.1. The first kappa shape index (κ1) is 19.8. The zero-order valence-corrected chi connectivity index (χ0v) is 17.7. The zero-order chi connectivity index (χ0) is 21.3. The van der Waals surface area contributed by atoms with E-state index in [1.165, 1.54) is 29.3 Å². The summed E-state index contributed by atoms with van der Waals surface area (Å²) >= 11 is 1.48. The summed E-state index contributed by atoms with van der Waals surface area (Å²) in [4.78, 5) is 32.3. The van der Waals surface area contributed by atoms with Crippen LogP contribution in [-0.2, 0) is 6.54 Å². The lowest BCUT2D eigenvalue weighted by Crippen LogP contribution is -2.24. The fourth-order valence-electron chi connectivity index (χ4n) is 3.47. The normalized spacial score (nSPS) is 10.9. The van der Waals surface area contributed by atoms with E-state index in [0.717, 1.165) is 16.0 Å². The molecule has 4 rings (SSSR count). The Morgan fingerprint density at radius 3 is 2.57 bits per heavy atom. The molecule has 0 unspecified atom stereocenters. The number of ketones is 1. The minimum Gasteiger partial charge on any atom is -0.497 e. The number of nitrogens with zero attached hydrogens (tertiary/aromatic N) is 2. The van der Waals surface area contributed by atoms with Gasteiger partial charge in [0.25, 0.3) is 5.56 Å². The minimum absolute atomic E-state index is 0.131. The van der Waals surface area contributed by atoms with Gasteiger partial charge < -0.3 is 9.47 Å². The van der Waals surface area contributed by atoms with Crippen molar-refractivity contribution in [1.82, 2.24) is 9.55 Å². The lowest BCUT2D eigenvalue weighted by Gasteiger charge is -2.11. The van der Waals surface area contributed by atoms with Crippen molar-refractivity contribution in [1.29, 1.82) is 0 Å². The number of hydrogen-bond donors (Lipinski definition) is 0. The Labute approximate surface area is 177 Å². The van der Waals surface area contributed by atoms with E-state index in [2.05, 4.69) is 4.98 Å². The van der Waals surface area contributed by atoms with E-state index < -0.39 is 0 Å². The molecule has 2 aromatic heterocycles. The molecule has 0 saturated carbocycles. The summed E-state index contributed by atoms with van der Waals surface area (Å²) in [5, 5.41) is 0.542. The van der Waals surface area contributed by atoms with Gasteiger partial charge in [-0.3, -0.25) is 14.2 Å². The van der Waals surface area contributed by atoms with Gasteiger partial charge in [0, 0.05) is 16.5 Å². The van der Waals surface area contributed by atoms with Crippen LogP contribution >= 0.6 is 11.3 Å². The van der Waals surface area contributed by atoms with Crippen LogP contribution in [0.4, 0.5) is 0 Å². The molecule has 152 valence electrons. The molecule has 0 atom stereocenters. The summed E-state index contributed by atoms with van der Waals surface area (Å²) < 4.78 is 11.9. The van der Waals surface area contributed by atoms with Gasteiger partial charge in [-0.1, -0.05) is 30.3 Å². The van der Waals surface area contributed by atoms with Gasteiger partial charge in [0.05, 0.1) is 38.0 Å². The first-order valence-corrected chi connectivity index (χ1v) is 10.1. The Morgan fingerprint density at radius 2 is 1.87 bits per heavy atom. The van der Waals surface area contributed by atoms with E-state index >= 15 is 0 Å². The monoisotopic (exact) mass is 420 g/mol. The number of carbonyl (C=O) groups excluding carboxylic acids is 1. The molecule has 0 saturated heterocycles. The second-order valence-corrected chi connectivity index (χ2v) is 7.95. The van der Waals surface area contributed by atoms with Gasteiger partial charge >= 0.3 is 0 Å². The van der Waals surface area contributed by atoms with Crippen molar-refractivity contribution < 1.29 is 14.3 Å². The third-order valence-electron chi connectivity index (χ3n) is 4.94. The molecule has 0 N–H and O–H groups in total. The van der Waals surface area contributed by atoms with Crippen molar-refractivity contribution >= 4 is 27.3 Å². The fourth-order valence-corrected chi connectivity index (χ4v) is 4.47. The maximum Gasteiger partial charge on any atom is 0.263 e. The topological polar surface area (TPSA) is 70.4 Å². The number of rotatable bonds is 6. The van der Waals surface area contributed by atoms with Crippen molar-refractivity contribution in [3.05, 3.63) is 75.7 Å². The molecule has 4 aromatic rings. The smallest absolute Gasteiger partial charge is 0.263 e. The summed E-state index contributed by atoms with van der Waals surface area (Å²) in [6, 6.07) is 14.7. The largest absolute Gasteiger partial charge is 0.497 e. The average Bonchev–Trinajstić information content (AvgIpc) is 3.12. The molecular weight excluding hydrogens is 400 g/mol. The Balaban J connectivity index is 1.77. The first-order valence-electron chi connectivity index (χ1n) is 9.32. The van der Waals surface area contributed by atoms with Gasteiger partial charge in [0.1, 0.15) is 16.3 Å². The summed E-state index contributed by atoms with van der Waals surface area (Å²) in [7, 11) is 3.04. The zero-order valence-electron chi connectivity index (χ0n) is 16.8. The molecule has 0 amide bonds. The van der Waals surface area contributed by atoms with Crippen molar-refractivity contribution in [2.45, 2.75) is 13.5 Å². The van der Waals surface area contributed by atoms with E-state index in [4.69, 9.17) is 9.47 Å². The van der Waals surface area contributed by atoms with Gasteiger partial charge in [-0.15, -0.1) is 11.3 Å². The molecule has 0 aliphatic heterocycles. The van der Waals surface area contributed by atoms with Gasteiger partial charge in [0.15, 0.2) is 5.78 Å². The molecular formula is C23H20N2O4S. The highest BCUT2D eigenvalue weighted by Crippen LogP contribution is 2.35. The van der Waals surface area contributed by atoms with Crippen LogP contribution in [0.3, 0.4) is 0 Å². The van der Waals surface area contributed by atoms with Gasteiger partial charge in [-0.25, -0.2) is 4.98 Å². The summed E-state index contributed by atoms with van der Waals surface area (Å²) in [6.07, 6.45) is 1.43. The molecule has 0 aliphatic rings. The molecule has 0 bridgehead atoms. The number of aromatic nitrogens is 2. The number of fused-ring (bicyclic) bond motifs is 1. The molecule has 6 nitrogen and oxygen atoms in total. The molecule has 30 heavy (non-hydrogen) atoms. The molecule has 0 aliphatic carbocycles. The maximum absolute atomic E-state index is 13.3. The number of carbonyl (C=O) groups is 1. The SMILES string of the molecule is COc1ccc(C(=O)Cn2cnc3sc(C)c(-c4ccccc4)c3c2=O)c(OC)c1. The van der Waals surface area contributed by atoms with Crippen LogP contribution in [0.1, 0.15) is 15.2 Å². The quantitative estimate of drug-likeness (QED) is 0.434. The number of thiophene rings is 1. The molecule has 0 spiro atoms. The van der Waals surface area contributed by atoms with Crippen LogP contribution in [-0.4, -0.2) is 29.6 Å². The number of benzene rings is 2. The number of hydrogen-bond acceptors (Lipinski definition) is 6. The average molecular weight is 420 g/mol. The van der Waals surface area contributed by atoms with E-state index in [-0.39, 0.29) is 17.9 Å². The third-order valence-corrected chi connectivity index (χ3v) is 5.95. The Bertz CT molecular complexity index is 1290. The molecule has 2 heterocycles. The van der Waals surface area contributed by atoms with Gasteiger partial charge in [-0.2, -0.15) is 0 Å². The van der Waals surface area contributed by atoms with Crippen LogP contribution < -0.4 is 15.0 Å². The van der Waals surface area contributed by atoms with Crippen LogP contribution in [0, 0.1) is 6.92 Å². The van der Waals surface area contributed by atoms with Crippen molar-refractivity contribution in [2.24, 2.45) is 0 Å². The Hall–Kier alpha value is -3.45.